The summed E-state index contributed by atoms with van der Waals surface area (Å²) in [6.45, 7) is -0.378. The van der Waals surface area contributed by atoms with Crippen LogP contribution >= 0.6 is 27.5 Å². The molecule has 146 valence electrons. The zero-order valence-electron chi connectivity index (χ0n) is 13.7. The molecular weight excluding hydrogens is 473 g/mol. The molecule has 0 bridgehead atoms. The monoisotopic (exact) mass is 484 g/mol. The Morgan fingerprint density at radius 1 is 1.15 bits per heavy atom. The molecule has 0 fully saturated rings. The number of nitrogens with one attached hydrogen (secondary N) is 2. The minimum absolute atomic E-state index is 0.0261. The van der Waals surface area contributed by atoms with Crippen LogP contribution in [0.3, 0.4) is 0 Å². The second-order valence-electron chi connectivity index (χ2n) is 5.51. The third-order valence-electron chi connectivity index (χ3n) is 3.35. The van der Waals surface area contributed by atoms with Gasteiger partial charge in [0.15, 0.2) is 9.84 Å². The van der Waals surface area contributed by atoms with Crippen molar-refractivity contribution in [3.8, 4) is 0 Å². The van der Waals surface area contributed by atoms with Crippen molar-refractivity contribution in [2.75, 3.05) is 23.4 Å². The highest BCUT2D eigenvalue weighted by molar-refractivity contribution is 9.10. The SMILES string of the molecule is CS(=O)(=O)c1cc(Br)ccc1NCC(=O)Nc1cc(C(F)(F)F)ccc1Cl. The van der Waals surface area contributed by atoms with Crippen LogP contribution in [0.15, 0.2) is 45.8 Å². The van der Waals surface area contributed by atoms with Crippen molar-refractivity contribution < 1.29 is 26.4 Å². The Bertz CT molecular complexity index is 981. The van der Waals surface area contributed by atoms with Gasteiger partial charge in [-0.3, -0.25) is 4.79 Å². The average molecular weight is 486 g/mol. The number of halogens is 5. The zero-order chi connectivity index (χ0) is 20.4. The van der Waals surface area contributed by atoms with Crippen LogP contribution in [-0.4, -0.2) is 27.1 Å². The Labute approximate surface area is 167 Å². The van der Waals surface area contributed by atoms with E-state index in [-0.39, 0.29) is 27.8 Å². The number of hydrogen-bond acceptors (Lipinski definition) is 4. The largest absolute Gasteiger partial charge is 0.416 e. The highest BCUT2D eigenvalue weighted by Gasteiger charge is 2.31. The number of amides is 1. The molecule has 2 rings (SSSR count). The lowest BCUT2D eigenvalue weighted by Gasteiger charge is -2.13. The van der Waals surface area contributed by atoms with Gasteiger partial charge in [0.2, 0.25) is 5.91 Å². The number of rotatable bonds is 5. The van der Waals surface area contributed by atoms with Crippen LogP contribution in [0.5, 0.6) is 0 Å². The number of hydrogen-bond donors (Lipinski definition) is 2. The van der Waals surface area contributed by atoms with Crippen LogP contribution < -0.4 is 10.6 Å². The van der Waals surface area contributed by atoms with Crippen molar-refractivity contribution in [2.24, 2.45) is 0 Å². The first kappa shape index (κ1) is 21.5. The van der Waals surface area contributed by atoms with Crippen LogP contribution in [0.25, 0.3) is 0 Å². The van der Waals surface area contributed by atoms with Gasteiger partial charge >= 0.3 is 6.18 Å². The van der Waals surface area contributed by atoms with E-state index in [0.29, 0.717) is 4.47 Å². The lowest BCUT2D eigenvalue weighted by Crippen LogP contribution is -2.23. The van der Waals surface area contributed by atoms with Crippen molar-refractivity contribution in [3.63, 3.8) is 0 Å². The number of benzene rings is 2. The molecule has 11 heteroatoms. The van der Waals surface area contributed by atoms with E-state index >= 15 is 0 Å². The van der Waals surface area contributed by atoms with E-state index in [0.717, 1.165) is 24.5 Å². The number of carbonyl (C=O) groups is 1. The van der Waals surface area contributed by atoms with Crippen molar-refractivity contribution in [2.45, 2.75) is 11.1 Å². The molecule has 2 aromatic carbocycles. The fraction of sp³-hybridized carbons (Fsp3) is 0.188. The number of sulfone groups is 1. The van der Waals surface area contributed by atoms with Crippen LogP contribution in [0.1, 0.15) is 5.56 Å². The summed E-state index contributed by atoms with van der Waals surface area (Å²) in [4.78, 5) is 12.0. The van der Waals surface area contributed by atoms with Crippen molar-refractivity contribution in [3.05, 3.63) is 51.5 Å². The average Bonchev–Trinajstić information content (AvgIpc) is 2.53. The van der Waals surface area contributed by atoms with Gasteiger partial charge in [-0.1, -0.05) is 27.5 Å². The minimum Gasteiger partial charge on any atom is -0.375 e. The molecule has 1 amide bonds. The molecule has 0 aliphatic carbocycles. The Balaban J connectivity index is 2.15. The van der Waals surface area contributed by atoms with E-state index in [2.05, 4.69) is 26.6 Å². The number of anilines is 2. The third-order valence-corrected chi connectivity index (χ3v) is 5.31. The van der Waals surface area contributed by atoms with E-state index in [9.17, 15) is 26.4 Å². The predicted octanol–water partition coefficient (Wildman–Crippen LogP) is 4.58. The highest BCUT2D eigenvalue weighted by Crippen LogP contribution is 2.33. The summed E-state index contributed by atoms with van der Waals surface area (Å²) in [5, 5.41) is 4.87. The molecule has 0 aliphatic heterocycles. The summed E-state index contributed by atoms with van der Waals surface area (Å²) in [5.74, 6) is -0.696. The van der Waals surface area contributed by atoms with Crippen LogP contribution in [0.4, 0.5) is 24.5 Å². The van der Waals surface area contributed by atoms with Gasteiger partial charge in [-0.2, -0.15) is 13.2 Å². The Kier molecular flexibility index (Phi) is 6.43. The molecule has 0 aromatic heterocycles. The molecule has 0 heterocycles. The first-order valence-electron chi connectivity index (χ1n) is 7.28. The lowest BCUT2D eigenvalue weighted by molar-refractivity contribution is -0.137. The van der Waals surface area contributed by atoms with E-state index < -0.39 is 27.5 Å². The standard InChI is InChI=1S/C16H13BrClF3N2O3S/c1-27(25,26)14-7-10(17)3-5-12(14)22-8-15(24)23-13-6-9(16(19,20)21)2-4-11(13)18/h2-7,22H,8H2,1H3,(H,23,24). The maximum Gasteiger partial charge on any atom is 0.416 e. The summed E-state index contributed by atoms with van der Waals surface area (Å²) < 4.78 is 62.5. The summed E-state index contributed by atoms with van der Waals surface area (Å²) in [6, 6.07) is 6.98. The molecule has 0 radical (unpaired) electrons. The highest BCUT2D eigenvalue weighted by atomic mass is 79.9. The molecule has 2 N–H and O–H groups in total. The first-order valence-corrected chi connectivity index (χ1v) is 10.3. The van der Waals surface area contributed by atoms with E-state index in [4.69, 9.17) is 11.6 Å². The molecule has 0 atom stereocenters. The summed E-state index contributed by atoms with van der Waals surface area (Å²) in [7, 11) is -3.56. The van der Waals surface area contributed by atoms with Gasteiger partial charge < -0.3 is 10.6 Å². The normalized spacial score (nSPS) is 11.9. The fourth-order valence-electron chi connectivity index (χ4n) is 2.12. The van der Waals surface area contributed by atoms with Crippen molar-refractivity contribution >= 4 is 54.7 Å². The molecule has 5 nitrogen and oxygen atoms in total. The van der Waals surface area contributed by atoms with Crippen LogP contribution in [0.2, 0.25) is 5.02 Å². The first-order chi connectivity index (χ1) is 12.4. The Morgan fingerprint density at radius 3 is 2.41 bits per heavy atom. The second kappa shape index (κ2) is 8.07. The lowest BCUT2D eigenvalue weighted by atomic mass is 10.2. The van der Waals surface area contributed by atoms with Crippen molar-refractivity contribution in [1.82, 2.24) is 0 Å². The van der Waals surface area contributed by atoms with Crippen molar-refractivity contribution in [1.29, 1.82) is 0 Å². The second-order valence-corrected chi connectivity index (χ2v) is 8.81. The predicted molar refractivity (Wildman–Crippen MR) is 101 cm³/mol. The maximum absolute atomic E-state index is 12.8. The third kappa shape index (κ3) is 5.85. The van der Waals surface area contributed by atoms with Crippen LogP contribution in [0, 0.1) is 0 Å². The maximum atomic E-state index is 12.8. The Morgan fingerprint density at radius 2 is 1.81 bits per heavy atom. The van der Waals surface area contributed by atoms with Gasteiger partial charge in [0.25, 0.3) is 0 Å². The smallest absolute Gasteiger partial charge is 0.375 e. The molecule has 2 aromatic rings. The van der Waals surface area contributed by atoms with E-state index in [1.165, 1.54) is 12.1 Å². The molecule has 0 aliphatic rings. The molecule has 0 spiro atoms. The van der Waals surface area contributed by atoms with E-state index in [1.54, 1.807) is 6.07 Å². The topological polar surface area (TPSA) is 75.3 Å². The summed E-state index contributed by atoms with van der Waals surface area (Å²) in [5.41, 5.74) is -0.967. The minimum atomic E-state index is -4.58. The van der Waals surface area contributed by atoms with Gasteiger partial charge in [0, 0.05) is 10.7 Å². The van der Waals surface area contributed by atoms with Gasteiger partial charge in [-0.05, 0) is 36.4 Å². The van der Waals surface area contributed by atoms with Gasteiger partial charge in [0.1, 0.15) is 0 Å². The zero-order valence-corrected chi connectivity index (χ0v) is 16.9. The molecule has 0 unspecified atom stereocenters. The molecule has 0 saturated heterocycles. The summed E-state index contributed by atoms with van der Waals surface area (Å²) in [6.07, 6.45) is -3.56. The number of alkyl halides is 3. The van der Waals surface area contributed by atoms with E-state index in [1.807, 2.05) is 0 Å². The Hall–Kier alpha value is -1.78. The quantitative estimate of drug-likeness (QED) is 0.650. The van der Waals surface area contributed by atoms with Gasteiger partial charge in [0.05, 0.1) is 33.4 Å². The summed E-state index contributed by atoms with van der Waals surface area (Å²) >= 11 is 8.99. The van der Waals surface area contributed by atoms with Gasteiger partial charge in [-0.25, -0.2) is 8.42 Å². The number of carbonyl (C=O) groups excluding carboxylic acids is 1. The molecule has 27 heavy (non-hydrogen) atoms. The molecule has 0 saturated carbocycles. The van der Waals surface area contributed by atoms with Crippen LogP contribution in [-0.2, 0) is 20.8 Å². The molecular formula is C16H13BrClF3N2O3S. The van der Waals surface area contributed by atoms with Gasteiger partial charge in [-0.15, -0.1) is 0 Å². The fourth-order valence-corrected chi connectivity index (χ4v) is 3.67.